The second kappa shape index (κ2) is 2.39. The van der Waals surface area contributed by atoms with Crippen LogP contribution in [0.15, 0.2) is 23.4 Å². The molecule has 0 fully saturated rings. The monoisotopic (exact) mass is 128 g/mol. The van der Waals surface area contributed by atoms with Crippen LogP contribution < -0.4 is 5.56 Å². The Balaban J connectivity index is 3.16. The summed E-state index contributed by atoms with van der Waals surface area (Å²) in [5.74, 6) is 0. The predicted molar refractivity (Wildman–Crippen MR) is 29.6 cm³/mol. The molecule has 0 saturated carbocycles. The van der Waals surface area contributed by atoms with Crippen LogP contribution in [0.5, 0.6) is 0 Å². The van der Waals surface area contributed by atoms with Crippen LogP contribution in [0, 0.1) is 0 Å². The lowest BCUT2D eigenvalue weighted by Gasteiger charge is -1.92. The van der Waals surface area contributed by atoms with E-state index in [1.807, 2.05) is 0 Å². The first kappa shape index (κ1) is 5.94. The quantitative estimate of drug-likeness (QED) is 0.540. The van der Waals surface area contributed by atoms with Gasteiger partial charge in [-0.3, -0.25) is 14.3 Å². The minimum Gasteiger partial charge on any atom is -0.284 e. The van der Waals surface area contributed by atoms with E-state index >= 15 is 0 Å². The Morgan fingerprint density at radius 1 is 1.78 bits per heavy atom. The molecule has 1 aromatic rings. The molecule has 4 heteroatoms. The van der Waals surface area contributed by atoms with Crippen LogP contribution in [-0.4, -0.2) is 9.55 Å². The zero-order valence-corrected chi connectivity index (χ0v) is 4.62. The summed E-state index contributed by atoms with van der Waals surface area (Å²) in [5.41, 5.74) is -0.417. The average Bonchev–Trinajstić information content (AvgIpc) is 1.89. The molecule has 0 amide bonds. The normalized spacial score (nSPS) is 9.44. The first-order chi connectivity index (χ1) is 4.34. The van der Waals surface area contributed by atoms with Crippen molar-refractivity contribution in [2.45, 2.75) is 6.80 Å². The molecule has 1 aromatic heterocycles. The number of hydrogen-bond donors (Lipinski definition) is 0. The molecule has 1 heterocycles. The van der Waals surface area contributed by atoms with E-state index in [-0.39, 0.29) is 0 Å². The molecule has 0 saturated heterocycles. The van der Waals surface area contributed by atoms with Gasteiger partial charge in [-0.2, -0.15) is 0 Å². The van der Waals surface area contributed by atoms with Gasteiger partial charge in [-0.25, -0.2) is 4.39 Å². The molecule has 0 N–H and O–H groups in total. The highest BCUT2D eigenvalue weighted by molar-refractivity contribution is 4.78. The highest BCUT2D eigenvalue weighted by Crippen LogP contribution is 1.76. The Bertz CT molecular complexity index is 245. The van der Waals surface area contributed by atoms with Crippen LogP contribution >= 0.6 is 0 Å². The molecule has 0 radical (unpaired) electrons. The molecular formula is C5H5FN2O. The van der Waals surface area contributed by atoms with Crippen molar-refractivity contribution in [3.63, 3.8) is 0 Å². The van der Waals surface area contributed by atoms with E-state index in [0.29, 0.717) is 0 Å². The Morgan fingerprint density at radius 2 is 2.56 bits per heavy atom. The fourth-order valence-corrected chi connectivity index (χ4v) is 0.472. The lowest BCUT2D eigenvalue weighted by Crippen LogP contribution is -2.16. The predicted octanol–water partition coefficient (Wildman–Crippen LogP) is 0.170. The first-order valence-corrected chi connectivity index (χ1v) is 2.41. The molecule has 0 unspecified atom stereocenters. The van der Waals surface area contributed by atoms with E-state index in [1.165, 1.54) is 12.4 Å². The summed E-state index contributed by atoms with van der Waals surface area (Å²) in [4.78, 5) is 14.0. The minimum atomic E-state index is -0.790. The number of halogens is 1. The third-order valence-electron chi connectivity index (χ3n) is 0.929. The molecule has 48 valence electrons. The zero-order valence-electron chi connectivity index (χ0n) is 4.62. The van der Waals surface area contributed by atoms with Gasteiger partial charge in [-0.1, -0.05) is 0 Å². The second-order valence-corrected chi connectivity index (χ2v) is 1.50. The third kappa shape index (κ3) is 1.13. The van der Waals surface area contributed by atoms with E-state index in [9.17, 15) is 9.18 Å². The van der Waals surface area contributed by atoms with Gasteiger partial charge in [0.1, 0.15) is 0 Å². The fourth-order valence-electron chi connectivity index (χ4n) is 0.472. The summed E-state index contributed by atoms with van der Waals surface area (Å²) >= 11 is 0. The van der Waals surface area contributed by atoms with Gasteiger partial charge in [0.2, 0.25) is 0 Å². The van der Waals surface area contributed by atoms with Crippen molar-refractivity contribution in [2.24, 2.45) is 0 Å². The molecule has 3 nitrogen and oxygen atoms in total. The standard InChI is InChI=1S/C5H5FN2O/c6-4-8-2-1-7-3-5(8)9/h1-3H,4H2. The maximum atomic E-state index is 11.7. The van der Waals surface area contributed by atoms with Gasteiger partial charge in [-0.15, -0.1) is 0 Å². The van der Waals surface area contributed by atoms with Crippen LogP contribution in [0.25, 0.3) is 0 Å². The van der Waals surface area contributed by atoms with E-state index in [0.717, 1.165) is 10.8 Å². The van der Waals surface area contributed by atoms with Crippen molar-refractivity contribution in [1.82, 2.24) is 9.55 Å². The molecule has 1 rings (SSSR count). The van der Waals surface area contributed by atoms with Crippen LogP contribution in [0.4, 0.5) is 4.39 Å². The van der Waals surface area contributed by atoms with E-state index in [1.54, 1.807) is 0 Å². The Hall–Kier alpha value is -1.19. The van der Waals surface area contributed by atoms with Gasteiger partial charge < -0.3 is 0 Å². The molecule has 0 atom stereocenters. The van der Waals surface area contributed by atoms with Gasteiger partial charge >= 0.3 is 0 Å². The Kier molecular flexibility index (Phi) is 1.58. The molecule has 9 heavy (non-hydrogen) atoms. The number of alkyl halides is 1. The topological polar surface area (TPSA) is 34.9 Å². The summed E-state index contributed by atoms with van der Waals surface area (Å²) in [7, 11) is 0. The highest BCUT2D eigenvalue weighted by Gasteiger charge is 1.88. The van der Waals surface area contributed by atoms with Crippen LogP contribution in [-0.2, 0) is 6.80 Å². The van der Waals surface area contributed by atoms with Crippen LogP contribution in [0.3, 0.4) is 0 Å². The second-order valence-electron chi connectivity index (χ2n) is 1.50. The zero-order chi connectivity index (χ0) is 6.69. The van der Waals surface area contributed by atoms with Crippen LogP contribution in [0.2, 0.25) is 0 Å². The first-order valence-electron chi connectivity index (χ1n) is 2.41. The van der Waals surface area contributed by atoms with Gasteiger partial charge in [0.15, 0.2) is 6.80 Å². The van der Waals surface area contributed by atoms with Gasteiger partial charge in [0.25, 0.3) is 5.56 Å². The van der Waals surface area contributed by atoms with Crippen molar-refractivity contribution in [2.75, 3.05) is 0 Å². The lowest BCUT2D eigenvalue weighted by atomic mass is 10.7. The molecule has 0 aliphatic rings. The summed E-state index contributed by atoms with van der Waals surface area (Å²) in [6.07, 6.45) is 3.73. The fraction of sp³-hybridized carbons (Fsp3) is 0.200. The van der Waals surface area contributed by atoms with E-state index < -0.39 is 12.4 Å². The van der Waals surface area contributed by atoms with E-state index in [2.05, 4.69) is 4.98 Å². The molecule has 0 aliphatic carbocycles. The summed E-state index contributed by atoms with van der Waals surface area (Å²) in [6, 6.07) is 0. The Morgan fingerprint density at radius 3 is 3.00 bits per heavy atom. The summed E-state index contributed by atoms with van der Waals surface area (Å²) in [5, 5.41) is 0. The largest absolute Gasteiger partial charge is 0.284 e. The minimum absolute atomic E-state index is 0.417. The van der Waals surface area contributed by atoms with Gasteiger partial charge in [0.05, 0.1) is 6.20 Å². The van der Waals surface area contributed by atoms with Gasteiger partial charge in [0, 0.05) is 12.4 Å². The number of aromatic nitrogens is 2. The number of nitrogens with zero attached hydrogens (tertiary/aromatic N) is 2. The van der Waals surface area contributed by atoms with Crippen LogP contribution in [0.1, 0.15) is 0 Å². The average molecular weight is 128 g/mol. The molecule has 0 aromatic carbocycles. The highest BCUT2D eigenvalue weighted by atomic mass is 19.1. The van der Waals surface area contributed by atoms with Crippen molar-refractivity contribution in [3.8, 4) is 0 Å². The van der Waals surface area contributed by atoms with Crippen molar-refractivity contribution in [3.05, 3.63) is 28.9 Å². The molecule has 0 bridgehead atoms. The third-order valence-corrected chi connectivity index (χ3v) is 0.929. The van der Waals surface area contributed by atoms with Gasteiger partial charge in [-0.05, 0) is 0 Å². The summed E-state index contributed by atoms with van der Waals surface area (Å²) < 4.78 is 12.6. The summed E-state index contributed by atoms with van der Waals surface area (Å²) in [6.45, 7) is -0.790. The molecular weight excluding hydrogens is 123 g/mol. The van der Waals surface area contributed by atoms with E-state index in [4.69, 9.17) is 0 Å². The molecule has 0 aliphatic heterocycles. The number of rotatable bonds is 1. The maximum absolute atomic E-state index is 11.7. The smallest absolute Gasteiger partial charge is 0.271 e. The van der Waals surface area contributed by atoms with Crippen molar-refractivity contribution < 1.29 is 4.39 Å². The molecule has 0 spiro atoms. The lowest BCUT2D eigenvalue weighted by molar-refractivity contribution is 0.368. The number of hydrogen-bond acceptors (Lipinski definition) is 2. The van der Waals surface area contributed by atoms with Crippen molar-refractivity contribution >= 4 is 0 Å². The maximum Gasteiger partial charge on any atom is 0.271 e. The van der Waals surface area contributed by atoms with Crippen molar-refractivity contribution in [1.29, 1.82) is 0 Å². The SMILES string of the molecule is O=c1cnccn1CF. The Labute approximate surface area is 50.8 Å².